The largest absolute Gasteiger partial charge is 0.416 e. The van der Waals surface area contributed by atoms with Crippen LogP contribution >= 0.6 is 12.4 Å². The zero-order valence-corrected chi connectivity index (χ0v) is 16.6. The van der Waals surface area contributed by atoms with E-state index in [-0.39, 0.29) is 30.7 Å². The molecule has 0 atom stereocenters. The molecule has 2 aliphatic heterocycles. The number of fused-ring (bicyclic) bond motifs is 1. The summed E-state index contributed by atoms with van der Waals surface area (Å²) in [5.74, 6) is 2.06. The van der Waals surface area contributed by atoms with Crippen molar-refractivity contribution in [2.24, 2.45) is 0 Å². The first-order valence-electron chi connectivity index (χ1n) is 9.48. The Balaban J connectivity index is 0.00000240. The van der Waals surface area contributed by atoms with Crippen LogP contribution in [0.2, 0.25) is 0 Å². The average Bonchev–Trinajstić information content (AvgIpc) is 3.12. The van der Waals surface area contributed by atoms with Crippen molar-refractivity contribution in [3.63, 3.8) is 0 Å². The molecule has 0 unspecified atom stereocenters. The van der Waals surface area contributed by atoms with E-state index in [0.717, 1.165) is 56.3 Å². The number of carbonyl (C=O) groups is 1. The highest BCUT2D eigenvalue weighted by molar-refractivity contribution is 5.85. The predicted octanol–water partition coefficient (Wildman–Crippen LogP) is 2.77. The van der Waals surface area contributed by atoms with Gasteiger partial charge in [-0.05, 0) is 24.5 Å². The number of nitrogens with one attached hydrogen (secondary N) is 1. The summed E-state index contributed by atoms with van der Waals surface area (Å²) in [4.78, 5) is 14.3. The van der Waals surface area contributed by atoms with Gasteiger partial charge in [-0.15, -0.1) is 22.6 Å². The molecule has 1 fully saturated rings. The number of piperidine rings is 1. The van der Waals surface area contributed by atoms with E-state index in [1.807, 2.05) is 0 Å². The van der Waals surface area contributed by atoms with E-state index in [9.17, 15) is 18.0 Å². The van der Waals surface area contributed by atoms with Crippen LogP contribution < -0.4 is 5.32 Å². The van der Waals surface area contributed by atoms with Crippen molar-refractivity contribution in [3.05, 3.63) is 47.0 Å². The van der Waals surface area contributed by atoms with Crippen molar-refractivity contribution < 1.29 is 18.0 Å². The standard InChI is InChI=1S/C19H22F3N5O.ClH/c20-19(21,22)15-3-1-2-13(10-15)11-17(28)26-7-4-14(5-8-26)18-25-24-16-12-23-6-9-27(16)18;/h1-3,10,14,23H,4-9,11-12H2;1H. The zero-order valence-electron chi connectivity index (χ0n) is 15.8. The van der Waals surface area contributed by atoms with Crippen LogP contribution in [0.1, 0.15) is 41.5 Å². The van der Waals surface area contributed by atoms with Crippen LogP contribution in [0.3, 0.4) is 0 Å². The van der Waals surface area contributed by atoms with Gasteiger partial charge in [0.15, 0.2) is 0 Å². The Bertz CT molecular complexity index is 862. The Morgan fingerprint density at radius 2 is 1.93 bits per heavy atom. The van der Waals surface area contributed by atoms with Crippen molar-refractivity contribution in [3.8, 4) is 0 Å². The van der Waals surface area contributed by atoms with Crippen molar-refractivity contribution in [1.29, 1.82) is 0 Å². The lowest BCUT2D eigenvalue weighted by Crippen LogP contribution is -2.39. The van der Waals surface area contributed by atoms with Crippen LogP contribution in [0.15, 0.2) is 24.3 Å². The van der Waals surface area contributed by atoms with Crippen LogP contribution in [0.25, 0.3) is 0 Å². The van der Waals surface area contributed by atoms with E-state index in [4.69, 9.17) is 0 Å². The third-order valence-electron chi connectivity index (χ3n) is 5.47. The second-order valence-electron chi connectivity index (χ2n) is 7.33. The molecule has 10 heteroatoms. The normalized spacial score (nSPS) is 17.6. The molecule has 1 N–H and O–H groups in total. The molecular weight excluding hydrogens is 407 g/mol. The van der Waals surface area contributed by atoms with E-state index in [2.05, 4.69) is 20.1 Å². The van der Waals surface area contributed by atoms with Crippen LogP contribution in [0.4, 0.5) is 13.2 Å². The number of alkyl halides is 3. The van der Waals surface area contributed by atoms with E-state index < -0.39 is 11.7 Å². The Morgan fingerprint density at radius 1 is 1.17 bits per heavy atom. The molecule has 1 aromatic carbocycles. The maximum atomic E-state index is 12.8. The number of hydrogen-bond acceptors (Lipinski definition) is 4. The van der Waals surface area contributed by atoms with Crippen molar-refractivity contribution >= 4 is 18.3 Å². The second-order valence-corrected chi connectivity index (χ2v) is 7.33. The summed E-state index contributed by atoms with van der Waals surface area (Å²) in [5, 5.41) is 11.9. The fourth-order valence-electron chi connectivity index (χ4n) is 3.95. The van der Waals surface area contributed by atoms with E-state index in [0.29, 0.717) is 18.7 Å². The number of hydrogen-bond donors (Lipinski definition) is 1. The molecule has 2 aromatic rings. The third kappa shape index (κ3) is 4.72. The number of halogens is 4. The van der Waals surface area contributed by atoms with Crippen LogP contribution in [0.5, 0.6) is 0 Å². The lowest BCUT2D eigenvalue weighted by Gasteiger charge is -2.32. The molecule has 0 spiro atoms. The summed E-state index contributed by atoms with van der Waals surface area (Å²) in [6.45, 7) is 3.64. The van der Waals surface area contributed by atoms with Gasteiger partial charge in [0.2, 0.25) is 5.91 Å². The molecule has 2 aliphatic rings. The molecule has 29 heavy (non-hydrogen) atoms. The van der Waals surface area contributed by atoms with Crippen LogP contribution in [-0.2, 0) is 30.5 Å². The smallest absolute Gasteiger partial charge is 0.342 e. The molecule has 1 amide bonds. The summed E-state index contributed by atoms with van der Waals surface area (Å²) in [6.07, 6.45) is -2.83. The van der Waals surface area contributed by atoms with Gasteiger partial charge in [0, 0.05) is 32.1 Å². The molecule has 1 saturated heterocycles. The molecule has 6 nitrogen and oxygen atoms in total. The number of aromatic nitrogens is 3. The van der Waals surface area contributed by atoms with E-state index in [1.54, 1.807) is 11.0 Å². The lowest BCUT2D eigenvalue weighted by atomic mass is 9.95. The molecular formula is C19H23ClF3N5O. The van der Waals surface area contributed by atoms with Gasteiger partial charge in [-0.3, -0.25) is 4.79 Å². The van der Waals surface area contributed by atoms with Gasteiger partial charge in [-0.25, -0.2) is 0 Å². The van der Waals surface area contributed by atoms with Gasteiger partial charge in [0.05, 0.1) is 18.5 Å². The van der Waals surface area contributed by atoms with Gasteiger partial charge in [0.1, 0.15) is 11.6 Å². The summed E-state index contributed by atoms with van der Waals surface area (Å²) >= 11 is 0. The Hall–Kier alpha value is -2.13. The molecule has 3 heterocycles. The fraction of sp³-hybridized carbons (Fsp3) is 0.526. The SMILES string of the molecule is Cl.O=C(Cc1cccc(C(F)(F)F)c1)N1CCC(c2nnc3n2CCNC3)CC1. The number of likely N-dealkylation sites (tertiary alicyclic amines) is 1. The van der Waals surface area contributed by atoms with Crippen molar-refractivity contribution in [2.75, 3.05) is 19.6 Å². The Morgan fingerprint density at radius 3 is 2.66 bits per heavy atom. The lowest BCUT2D eigenvalue weighted by molar-refractivity contribution is -0.138. The number of nitrogens with zero attached hydrogens (tertiary/aromatic N) is 4. The molecule has 0 bridgehead atoms. The molecule has 1 aromatic heterocycles. The number of carbonyl (C=O) groups excluding carboxylic acids is 1. The van der Waals surface area contributed by atoms with Gasteiger partial charge in [-0.2, -0.15) is 13.2 Å². The predicted molar refractivity (Wildman–Crippen MR) is 103 cm³/mol. The quantitative estimate of drug-likeness (QED) is 0.815. The molecule has 4 rings (SSSR count). The third-order valence-corrected chi connectivity index (χ3v) is 5.47. The maximum Gasteiger partial charge on any atom is 0.416 e. The molecule has 0 aliphatic carbocycles. The van der Waals surface area contributed by atoms with Gasteiger partial charge in [-0.1, -0.05) is 18.2 Å². The minimum atomic E-state index is -4.40. The summed E-state index contributed by atoms with van der Waals surface area (Å²) < 4.78 is 40.7. The van der Waals surface area contributed by atoms with E-state index in [1.165, 1.54) is 6.07 Å². The van der Waals surface area contributed by atoms with Gasteiger partial charge >= 0.3 is 6.18 Å². The first-order chi connectivity index (χ1) is 13.4. The first-order valence-corrected chi connectivity index (χ1v) is 9.48. The molecule has 158 valence electrons. The van der Waals surface area contributed by atoms with Gasteiger partial charge in [0.25, 0.3) is 0 Å². The Labute approximate surface area is 172 Å². The van der Waals surface area contributed by atoms with Crippen molar-refractivity contribution in [1.82, 2.24) is 25.0 Å². The molecule has 0 radical (unpaired) electrons. The number of amides is 1. The average molecular weight is 430 g/mol. The number of rotatable bonds is 3. The number of benzene rings is 1. The topological polar surface area (TPSA) is 63.1 Å². The fourth-order valence-corrected chi connectivity index (χ4v) is 3.95. The van der Waals surface area contributed by atoms with Gasteiger partial charge < -0.3 is 14.8 Å². The summed E-state index contributed by atoms with van der Waals surface area (Å²) in [6, 6.07) is 4.99. The minimum Gasteiger partial charge on any atom is -0.342 e. The summed E-state index contributed by atoms with van der Waals surface area (Å²) in [5.41, 5.74) is -0.330. The molecule has 0 saturated carbocycles. The Kier molecular flexibility index (Phi) is 6.48. The maximum absolute atomic E-state index is 12.8. The first kappa shape index (κ1) is 21.6. The second kappa shape index (κ2) is 8.71. The highest BCUT2D eigenvalue weighted by Crippen LogP contribution is 2.30. The monoisotopic (exact) mass is 429 g/mol. The van der Waals surface area contributed by atoms with Crippen LogP contribution in [0, 0.1) is 0 Å². The summed E-state index contributed by atoms with van der Waals surface area (Å²) in [7, 11) is 0. The highest BCUT2D eigenvalue weighted by atomic mass is 35.5. The van der Waals surface area contributed by atoms with Crippen molar-refractivity contribution in [2.45, 2.75) is 44.4 Å². The minimum absolute atomic E-state index is 0. The van der Waals surface area contributed by atoms with E-state index >= 15 is 0 Å². The highest BCUT2D eigenvalue weighted by Gasteiger charge is 2.31. The van der Waals surface area contributed by atoms with Crippen LogP contribution in [-0.4, -0.2) is 45.2 Å². The zero-order chi connectivity index (χ0) is 19.7.